The third-order valence-electron chi connectivity index (χ3n) is 2.69. The molecule has 0 saturated carbocycles. The van der Waals surface area contributed by atoms with E-state index in [9.17, 15) is 9.59 Å². The summed E-state index contributed by atoms with van der Waals surface area (Å²) in [4.78, 5) is 25.0. The van der Waals surface area contributed by atoms with Crippen molar-refractivity contribution in [3.8, 4) is 0 Å². The predicted octanol–water partition coefficient (Wildman–Crippen LogP) is 2.08. The number of amides is 1. The molecule has 17 heavy (non-hydrogen) atoms. The van der Waals surface area contributed by atoms with Gasteiger partial charge in [0.1, 0.15) is 0 Å². The van der Waals surface area contributed by atoms with Crippen LogP contribution in [0.1, 0.15) is 28.1 Å². The summed E-state index contributed by atoms with van der Waals surface area (Å²) in [5, 5.41) is 10.4. The summed E-state index contributed by atoms with van der Waals surface area (Å²) in [7, 11) is 0. The summed E-state index contributed by atoms with van der Waals surface area (Å²) in [6.07, 6.45) is 4.64. The molecule has 1 saturated heterocycles. The molecule has 0 aromatic carbocycles. The molecule has 90 valence electrons. The van der Waals surface area contributed by atoms with Crippen molar-refractivity contribution in [1.29, 1.82) is 0 Å². The van der Waals surface area contributed by atoms with Crippen LogP contribution in [-0.2, 0) is 4.79 Å². The second-order valence-electron chi connectivity index (χ2n) is 3.88. The highest BCUT2D eigenvalue weighted by atomic mass is 32.1. The van der Waals surface area contributed by atoms with E-state index >= 15 is 0 Å². The minimum atomic E-state index is -1.00. The molecule has 2 heterocycles. The summed E-state index contributed by atoms with van der Waals surface area (Å²) in [6, 6.07) is 1.77. The van der Waals surface area contributed by atoms with E-state index in [1.165, 1.54) is 17.4 Å². The monoisotopic (exact) mass is 251 g/mol. The molecule has 1 N–H and O–H groups in total. The van der Waals surface area contributed by atoms with Gasteiger partial charge in [-0.1, -0.05) is 0 Å². The highest BCUT2D eigenvalue weighted by molar-refractivity contribution is 7.12. The van der Waals surface area contributed by atoms with Crippen LogP contribution >= 0.6 is 11.3 Å². The number of hydrogen-bond donors (Lipinski definition) is 1. The maximum atomic E-state index is 12.1. The van der Waals surface area contributed by atoms with Crippen LogP contribution < -0.4 is 0 Å². The molecule has 0 atom stereocenters. The van der Waals surface area contributed by atoms with Gasteiger partial charge in [-0.05, 0) is 35.9 Å². The Balaban J connectivity index is 2.18. The van der Waals surface area contributed by atoms with Gasteiger partial charge in [-0.25, -0.2) is 4.79 Å². The lowest BCUT2D eigenvalue weighted by molar-refractivity contribution is -0.131. The van der Waals surface area contributed by atoms with Crippen LogP contribution in [0.3, 0.4) is 0 Å². The van der Waals surface area contributed by atoms with Crippen LogP contribution in [0, 0.1) is 0 Å². The molecule has 5 heteroatoms. The van der Waals surface area contributed by atoms with Gasteiger partial charge in [0, 0.05) is 19.2 Å². The molecule has 1 fully saturated rings. The van der Waals surface area contributed by atoms with Gasteiger partial charge in [0.2, 0.25) is 0 Å². The fourth-order valence-corrected chi connectivity index (χ4v) is 2.70. The highest BCUT2D eigenvalue weighted by Crippen LogP contribution is 2.22. The number of hydrogen-bond acceptors (Lipinski definition) is 3. The van der Waals surface area contributed by atoms with Crippen molar-refractivity contribution in [3.63, 3.8) is 0 Å². The van der Waals surface area contributed by atoms with E-state index in [0.29, 0.717) is 10.4 Å². The van der Waals surface area contributed by atoms with E-state index in [4.69, 9.17) is 5.11 Å². The third-order valence-corrected chi connectivity index (χ3v) is 3.61. The molecule has 0 spiro atoms. The number of carbonyl (C=O) groups is 2. The largest absolute Gasteiger partial charge is 0.478 e. The zero-order valence-corrected chi connectivity index (χ0v) is 10.1. The number of likely N-dealkylation sites (tertiary alicyclic amines) is 1. The first kappa shape index (κ1) is 11.9. The molecule has 1 aliphatic rings. The average molecular weight is 251 g/mol. The van der Waals surface area contributed by atoms with Crippen molar-refractivity contribution in [2.24, 2.45) is 0 Å². The van der Waals surface area contributed by atoms with Crippen LogP contribution in [0.15, 0.2) is 17.5 Å². The van der Waals surface area contributed by atoms with E-state index < -0.39 is 5.97 Å². The fraction of sp³-hybridized carbons (Fsp3) is 0.333. The Labute approximate surface area is 103 Å². The van der Waals surface area contributed by atoms with E-state index in [2.05, 4.69) is 0 Å². The Kier molecular flexibility index (Phi) is 3.58. The second kappa shape index (κ2) is 5.14. The topological polar surface area (TPSA) is 57.6 Å². The molecule has 0 unspecified atom stereocenters. The van der Waals surface area contributed by atoms with Gasteiger partial charge < -0.3 is 10.0 Å². The lowest BCUT2D eigenvalue weighted by atomic mass is 10.2. The first-order valence-corrected chi connectivity index (χ1v) is 6.34. The first-order chi connectivity index (χ1) is 8.18. The summed E-state index contributed by atoms with van der Waals surface area (Å²) in [6.45, 7) is 1.61. The van der Waals surface area contributed by atoms with Gasteiger partial charge in [-0.2, -0.15) is 0 Å². The minimum Gasteiger partial charge on any atom is -0.478 e. The maximum absolute atomic E-state index is 12.1. The Morgan fingerprint density at radius 3 is 2.71 bits per heavy atom. The van der Waals surface area contributed by atoms with Gasteiger partial charge >= 0.3 is 5.97 Å². The summed E-state index contributed by atoms with van der Waals surface area (Å²) < 4.78 is 0. The zero-order valence-electron chi connectivity index (χ0n) is 9.26. The Bertz CT molecular complexity index is 458. The van der Waals surface area contributed by atoms with Crippen molar-refractivity contribution in [3.05, 3.63) is 28.0 Å². The lowest BCUT2D eigenvalue weighted by Gasteiger charge is -2.14. The van der Waals surface area contributed by atoms with Crippen molar-refractivity contribution in [2.75, 3.05) is 13.1 Å². The minimum absolute atomic E-state index is 0.0162. The smallest absolute Gasteiger partial charge is 0.328 e. The van der Waals surface area contributed by atoms with Crippen molar-refractivity contribution >= 4 is 29.3 Å². The number of carboxylic acids is 1. The van der Waals surface area contributed by atoms with E-state index in [-0.39, 0.29) is 5.91 Å². The predicted molar refractivity (Wildman–Crippen MR) is 66.1 cm³/mol. The molecular weight excluding hydrogens is 238 g/mol. The highest BCUT2D eigenvalue weighted by Gasteiger charge is 2.22. The molecular formula is C12H13NO3S. The molecule has 0 aliphatic carbocycles. The molecule has 0 radical (unpaired) electrons. The van der Waals surface area contributed by atoms with Crippen molar-refractivity contribution in [1.82, 2.24) is 4.90 Å². The molecule has 2 rings (SSSR count). The number of carbonyl (C=O) groups excluding carboxylic acids is 1. The van der Waals surface area contributed by atoms with Gasteiger partial charge in [0.25, 0.3) is 5.91 Å². The number of nitrogens with zero attached hydrogens (tertiary/aromatic N) is 1. The van der Waals surface area contributed by atoms with Crippen molar-refractivity contribution < 1.29 is 14.7 Å². The Morgan fingerprint density at radius 1 is 1.35 bits per heavy atom. The first-order valence-electron chi connectivity index (χ1n) is 5.46. The quantitative estimate of drug-likeness (QED) is 0.837. The van der Waals surface area contributed by atoms with E-state index in [1.54, 1.807) is 6.07 Å². The van der Waals surface area contributed by atoms with Crippen LogP contribution in [0.4, 0.5) is 0 Å². The molecule has 4 nitrogen and oxygen atoms in total. The average Bonchev–Trinajstić information content (AvgIpc) is 2.96. The van der Waals surface area contributed by atoms with Gasteiger partial charge in [0.05, 0.1) is 4.88 Å². The summed E-state index contributed by atoms with van der Waals surface area (Å²) in [5.41, 5.74) is 0.689. The van der Waals surface area contributed by atoms with Gasteiger partial charge in [0.15, 0.2) is 0 Å². The molecule has 1 aromatic rings. The SMILES string of the molecule is O=C(O)C=Cc1ccsc1C(=O)N1CCCC1. The third kappa shape index (κ3) is 2.74. The van der Waals surface area contributed by atoms with E-state index in [0.717, 1.165) is 32.0 Å². The molecule has 0 bridgehead atoms. The lowest BCUT2D eigenvalue weighted by Crippen LogP contribution is -2.27. The Morgan fingerprint density at radius 2 is 2.06 bits per heavy atom. The van der Waals surface area contributed by atoms with E-state index in [1.807, 2.05) is 10.3 Å². The molecule has 1 aliphatic heterocycles. The standard InChI is InChI=1S/C12H13NO3S/c14-10(15)4-3-9-5-8-17-11(9)12(16)13-6-1-2-7-13/h3-5,8H,1-2,6-7H2,(H,14,15). The van der Waals surface area contributed by atoms with Crippen LogP contribution in [-0.4, -0.2) is 35.0 Å². The number of carboxylic acid groups (broad SMARTS) is 1. The summed E-state index contributed by atoms with van der Waals surface area (Å²) in [5.74, 6) is -0.988. The molecule has 1 amide bonds. The van der Waals surface area contributed by atoms with Crippen LogP contribution in [0.25, 0.3) is 6.08 Å². The fourth-order valence-electron chi connectivity index (χ4n) is 1.85. The van der Waals surface area contributed by atoms with Gasteiger partial charge in [-0.15, -0.1) is 11.3 Å². The van der Waals surface area contributed by atoms with Crippen LogP contribution in [0.2, 0.25) is 0 Å². The summed E-state index contributed by atoms with van der Waals surface area (Å²) >= 11 is 1.36. The normalized spacial score (nSPS) is 15.6. The zero-order chi connectivity index (χ0) is 12.3. The Hall–Kier alpha value is -1.62. The number of aliphatic carboxylic acids is 1. The molecule has 1 aromatic heterocycles. The van der Waals surface area contributed by atoms with Crippen LogP contribution in [0.5, 0.6) is 0 Å². The second-order valence-corrected chi connectivity index (χ2v) is 4.79. The maximum Gasteiger partial charge on any atom is 0.328 e. The van der Waals surface area contributed by atoms with Crippen molar-refractivity contribution in [2.45, 2.75) is 12.8 Å². The van der Waals surface area contributed by atoms with Gasteiger partial charge in [-0.3, -0.25) is 4.79 Å². The number of rotatable bonds is 3. The number of thiophene rings is 1.